The summed E-state index contributed by atoms with van der Waals surface area (Å²) in [5, 5.41) is 8.23. The Balaban J connectivity index is 1.27. The van der Waals surface area contributed by atoms with E-state index in [4.69, 9.17) is 4.74 Å². The number of carbonyl (C=O) groups excluding carboxylic acids is 3. The van der Waals surface area contributed by atoms with Crippen LogP contribution < -0.4 is 15.5 Å². The van der Waals surface area contributed by atoms with Crippen molar-refractivity contribution in [2.45, 2.75) is 6.92 Å². The van der Waals surface area contributed by atoms with Crippen LogP contribution in [-0.2, 0) is 4.79 Å². The molecule has 0 atom stereocenters. The van der Waals surface area contributed by atoms with Crippen LogP contribution in [0.4, 0.5) is 0 Å². The zero-order valence-corrected chi connectivity index (χ0v) is 19.0. The maximum Gasteiger partial charge on any atom is 0.344 e. The molecule has 7 nitrogen and oxygen atoms in total. The van der Waals surface area contributed by atoms with Crippen molar-refractivity contribution in [3.05, 3.63) is 113 Å². The second-order valence-corrected chi connectivity index (χ2v) is 7.83. The minimum absolute atomic E-state index is 0.201. The highest BCUT2D eigenvalue weighted by molar-refractivity contribution is 6.05. The molecule has 4 aromatic carbocycles. The molecule has 0 saturated heterocycles. The van der Waals surface area contributed by atoms with E-state index in [1.54, 1.807) is 42.5 Å². The minimum Gasteiger partial charge on any atom is -0.423 e. The number of nitrogens with zero attached hydrogens (tertiary/aromatic N) is 1. The van der Waals surface area contributed by atoms with E-state index in [0.29, 0.717) is 22.4 Å². The third kappa shape index (κ3) is 6.17. The fourth-order valence-electron chi connectivity index (χ4n) is 3.37. The molecule has 4 aromatic rings. The molecule has 0 aliphatic rings. The molecule has 0 bridgehead atoms. The molecular formula is C28H23N3O4. The Kier molecular flexibility index (Phi) is 7.28. The minimum atomic E-state index is -0.456. The highest BCUT2D eigenvalue weighted by Crippen LogP contribution is 2.21. The topological polar surface area (TPSA) is 96.9 Å². The third-order valence-corrected chi connectivity index (χ3v) is 5.23. The molecule has 0 heterocycles. The molecule has 0 aromatic heterocycles. The molecule has 0 saturated carbocycles. The molecule has 0 unspecified atom stereocenters. The van der Waals surface area contributed by atoms with Crippen LogP contribution in [0.25, 0.3) is 10.8 Å². The molecule has 2 N–H and O–H groups in total. The summed E-state index contributed by atoms with van der Waals surface area (Å²) in [6.07, 6.45) is 1.45. The molecule has 0 fully saturated rings. The molecule has 0 aliphatic heterocycles. The van der Waals surface area contributed by atoms with E-state index in [1.807, 2.05) is 55.5 Å². The van der Waals surface area contributed by atoms with Gasteiger partial charge in [0.15, 0.2) is 0 Å². The smallest absolute Gasteiger partial charge is 0.344 e. The van der Waals surface area contributed by atoms with Crippen molar-refractivity contribution < 1.29 is 19.1 Å². The summed E-state index contributed by atoms with van der Waals surface area (Å²) in [5.41, 5.74) is 5.07. The van der Waals surface area contributed by atoms with Crippen molar-refractivity contribution in [2.75, 3.05) is 6.54 Å². The maximum absolute atomic E-state index is 12.6. The van der Waals surface area contributed by atoms with E-state index in [0.717, 1.165) is 16.3 Å². The van der Waals surface area contributed by atoms with Crippen LogP contribution >= 0.6 is 0 Å². The van der Waals surface area contributed by atoms with Gasteiger partial charge in [-0.15, -0.1) is 0 Å². The first-order chi connectivity index (χ1) is 17.0. The van der Waals surface area contributed by atoms with Crippen molar-refractivity contribution in [1.82, 2.24) is 10.7 Å². The first kappa shape index (κ1) is 23.4. The monoisotopic (exact) mass is 465 g/mol. The Morgan fingerprint density at radius 2 is 1.57 bits per heavy atom. The van der Waals surface area contributed by atoms with Gasteiger partial charge in [0.05, 0.1) is 18.3 Å². The Morgan fingerprint density at radius 1 is 0.857 bits per heavy atom. The summed E-state index contributed by atoms with van der Waals surface area (Å²) in [4.78, 5) is 36.6. The van der Waals surface area contributed by atoms with E-state index in [-0.39, 0.29) is 12.5 Å². The standard InChI is InChI=1S/C28H23N3O4/c1-19-9-13-22(14-10-19)27(33)29-18-26(32)31-30-17-20-11-15-23(16-12-20)35-28(34)25-8-4-6-21-5-2-3-7-24(21)25/h2-17H,18H2,1H3,(H,29,33)(H,31,32)/b30-17+. The van der Waals surface area contributed by atoms with Crippen LogP contribution in [0.2, 0.25) is 0 Å². The van der Waals surface area contributed by atoms with Crippen molar-refractivity contribution in [3.63, 3.8) is 0 Å². The highest BCUT2D eigenvalue weighted by atomic mass is 16.5. The van der Waals surface area contributed by atoms with Gasteiger partial charge in [-0.25, -0.2) is 10.2 Å². The largest absolute Gasteiger partial charge is 0.423 e. The van der Waals surface area contributed by atoms with Crippen LogP contribution in [0.5, 0.6) is 5.75 Å². The highest BCUT2D eigenvalue weighted by Gasteiger charge is 2.12. The van der Waals surface area contributed by atoms with Gasteiger partial charge in [-0.05, 0) is 65.7 Å². The summed E-state index contributed by atoms with van der Waals surface area (Å²) in [7, 11) is 0. The van der Waals surface area contributed by atoms with Gasteiger partial charge in [-0.3, -0.25) is 9.59 Å². The number of fused-ring (bicyclic) bond motifs is 1. The van der Waals surface area contributed by atoms with Gasteiger partial charge in [-0.1, -0.05) is 54.1 Å². The molecule has 0 aliphatic carbocycles. The summed E-state index contributed by atoms with van der Waals surface area (Å²) < 4.78 is 5.51. The number of amides is 2. The number of ether oxygens (including phenoxy) is 1. The first-order valence-corrected chi connectivity index (χ1v) is 11.0. The lowest BCUT2D eigenvalue weighted by atomic mass is 10.0. The van der Waals surface area contributed by atoms with Crippen LogP contribution in [0, 0.1) is 6.92 Å². The number of nitrogens with one attached hydrogen (secondary N) is 2. The van der Waals surface area contributed by atoms with Crippen molar-refractivity contribution >= 4 is 34.8 Å². The van der Waals surface area contributed by atoms with Gasteiger partial charge >= 0.3 is 5.97 Å². The van der Waals surface area contributed by atoms with Crippen LogP contribution in [-0.4, -0.2) is 30.5 Å². The zero-order valence-electron chi connectivity index (χ0n) is 19.0. The number of benzene rings is 4. The Labute approximate surface area is 202 Å². The first-order valence-electron chi connectivity index (χ1n) is 11.0. The average Bonchev–Trinajstić information content (AvgIpc) is 2.88. The van der Waals surface area contributed by atoms with Gasteiger partial charge < -0.3 is 10.1 Å². The predicted octanol–water partition coefficient (Wildman–Crippen LogP) is 4.25. The summed E-state index contributed by atoms with van der Waals surface area (Å²) >= 11 is 0. The fraction of sp³-hybridized carbons (Fsp3) is 0.0714. The third-order valence-electron chi connectivity index (χ3n) is 5.23. The lowest BCUT2D eigenvalue weighted by molar-refractivity contribution is -0.120. The van der Waals surface area contributed by atoms with E-state index in [2.05, 4.69) is 15.8 Å². The molecule has 2 amide bonds. The second-order valence-electron chi connectivity index (χ2n) is 7.83. The van der Waals surface area contributed by atoms with Crippen LogP contribution in [0.1, 0.15) is 31.8 Å². The second kappa shape index (κ2) is 10.9. The Hall–Kier alpha value is -4.78. The SMILES string of the molecule is Cc1ccc(C(=O)NCC(=O)N/N=C/c2ccc(OC(=O)c3cccc4ccccc34)cc2)cc1. The molecule has 174 valence electrons. The fourth-order valence-corrected chi connectivity index (χ4v) is 3.37. The molecular weight excluding hydrogens is 442 g/mol. The van der Waals surface area contributed by atoms with Gasteiger partial charge in [0, 0.05) is 5.56 Å². The van der Waals surface area contributed by atoms with E-state index < -0.39 is 11.9 Å². The number of hydrogen-bond donors (Lipinski definition) is 2. The van der Waals surface area contributed by atoms with Gasteiger partial charge in [0.25, 0.3) is 11.8 Å². The van der Waals surface area contributed by atoms with Gasteiger partial charge in [0.1, 0.15) is 5.75 Å². The summed E-state index contributed by atoms with van der Waals surface area (Å²) in [6.45, 7) is 1.73. The maximum atomic E-state index is 12.6. The lowest BCUT2D eigenvalue weighted by Crippen LogP contribution is -2.34. The number of aryl methyl sites for hydroxylation is 1. The molecule has 0 spiro atoms. The number of carbonyl (C=O) groups is 3. The summed E-state index contributed by atoms with van der Waals surface area (Å²) in [5.74, 6) is -0.841. The molecule has 4 rings (SSSR count). The van der Waals surface area contributed by atoms with Gasteiger partial charge in [-0.2, -0.15) is 5.10 Å². The molecule has 0 radical (unpaired) electrons. The van der Waals surface area contributed by atoms with Crippen LogP contribution in [0.3, 0.4) is 0 Å². The number of esters is 1. The molecule has 7 heteroatoms. The average molecular weight is 466 g/mol. The van der Waals surface area contributed by atoms with Crippen LogP contribution in [0.15, 0.2) is 96.1 Å². The molecule has 35 heavy (non-hydrogen) atoms. The predicted molar refractivity (Wildman–Crippen MR) is 135 cm³/mol. The Morgan fingerprint density at radius 3 is 2.34 bits per heavy atom. The summed E-state index contributed by atoms with van der Waals surface area (Å²) in [6, 6.07) is 26.9. The number of hydrogen-bond acceptors (Lipinski definition) is 5. The zero-order chi connectivity index (χ0) is 24.6. The van der Waals surface area contributed by atoms with Crippen molar-refractivity contribution in [1.29, 1.82) is 0 Å². The van der Waals surface area contributed by atoms with E-state index in [1.165, 1.54) is 6.21 Å². The van der Waals surface area contributed by atoms with E-state index in [9.17, 15) is 14.4 Å². The normalized spacial score (nSPS) is 10.8. The number of hydrazone groups is 1. The lowest BCUT2D eigenvalue weighted by Gasteiger charge is -2.07. The van der Waals surface area contributed by atoms with Crippen molar-refractivity contribution in [2.24, 2.45) is 5.10 Å². The van der Waals surface area contributed by atoms with E-state index >= 15 is 0 Å². The quantitative estimate of drug-likeness (QED) is 0.185. The number of rotatable bonds is 7. The van der Waals surface area contributed by atoms with Crippen molar-refractivity contribution in [3.8, 4) is 5.75 Å². The van der Waals surface area contributed by atoms with Gasteiger partial charge in [0.2, 0.25) is 0 Å². The Bertz CT molecular complexity index is 1390.